The van der Waals surface area contributed by atoms with Crippen molar-refractivity contribution in [3.63, 3.8) is 0 Å². The van der Waals surface area contributed by atoms with E-state index in [2.05, 4.69) is 0 Å². The van der Waals surface area contributed by atoms with Crippen LogP contribution in [-0.4, -0.2) is 33.2 Å². The number of methoxy groups -OCH3 is 2. The molecule has 0 amide bonds. The monoisotopic (exact) mass is 224 g/mol. The molecule has 1 unspecified atom stereocenters. The van der Waals surface area contributed by atoms with Gasteiger partial charge in [-0.05, 0) is 19.1 Å². The van der Waals surface area contributed by atoms with Crippen molar-refractivity contribution in [3.8, 4) is 11.5 Å². The fourth-order valence-corrected chi connectivity index (χ4v) is 1.33. The molecule has 88 valence electrons. The van der Waals surface area contributed by atoms with E-state index in [1.54, 1.807) is 32.4 Å². The number of aldehydes is 1. The van der Waals surface area contributed by atoms with Crippen LogP contribution in [0.15, 0.2) is 18.2 Å². The first kappa shape index (κ1) is 12.5. The van der Waals surface area contributed by atoms with E-state index in [1.807, 2.05) is 6.92 Å². The fourth-order valence-electron chi connectivity index (χ4n) is 1.33. The summed E-state index contributed by atoms with van der Waals surface area (Å²) in [4.78, 5) is 10.8. The summed E-state index contributed by atoms with van der Waals surface area (Å²) in [6.07, 6.45) is 0.643. The Morgan fingerprint density at radius 3 is 2.69 bits per heavy atom. The highest BCUT2D eigenvalue weighted by molar-refractivity contribution is 5.79. The molecule has 1 aromatic rings. The van der Waals surface area contributed by atoms with Gasteiger partial charge >= 0.3 is 0 Å². The zero-order valence-electron chi connectivity index (χ0n) is 9.73. The molecule has 1 aromatic carbocycles. The van der Waals surface area contributed by atoms with Crippen LogP contribution in [0.25, 0.3) is 0 Å². The van der Waals surface area contributed by atoms with Gasteiger partial charge in [-0.1, -0.05) is 0 Å². The topological polar surface area (TPSA) is 44.8 Å². The van der Waals surface area contributed by atoms with Crippen LogP contribution in [0.3, 0.4) is 0 Å². The van der Waals surface area contributed by atoms with Crippen molar-refractivity contribution in [2.75, 3.05) is 20.8 Å². The first-order chi connectivity index (χ1) is 7.71. The highest BCUT2D eigenvalue weighted by Gasteiger charge is 2.09. The second-order valence-electron chi connectivity index (χ2n) is 3.41. The van der Waals surface area contributed by atoms with E-state index in [9.17, 15) is 4.79 Å². The van der Waals surface area contributed by atoms with Crippen molar-refractivity contribution >= 4 is 6.29 Å². The summed E-state index contributed by atoms with van der Waals surface area (Å²) in [6, 6.07) is 5.08. The number of ether oxygens (including phenoxy) is 3. The molecule has 1 atom stereocenters. The van der Waals surface area contributed by atoms with Crippen molar-refractivity contribution in [1.29, 1.82) is 0 Å². The minimum Gasteiger partial charge on any atom is -0.497 e. The number of hydrogen-bond donors (Lipinski definition) is 0. The molecule has 0 spiro atoms. The zero-order valence-corrected chi connectivity index (χ0v) is 9.73. The van der Waals surface area contributed by atoms with Crippen molar-refractivity contribution in [2.24, 2.45) is 0 Å². The molecule has 0 saturated carbocycles. The largest absolute Gasteiger partial charge is 0.497 e. The van der Waals surface area contributed by atoms with Gasteiger partial charge in [0.05, 0.1) is 19.3 Å². The van der Waals surface area contributed by atoms with Gasteiger partial charge in [0.15, 0.2) is 6.29 Å². The van der Waals surface area contributed by atoms with Gasteiger partial charge in [0.25, 0.3) is 0 Å². The van der Waals surface area contributed by atoms with Crippen LogP contribution in [0.5, 0.6) is 11.5 Å². The minimum atomic E-state index is -0.115. The fraction of sp³-hybridized carbons (Fsp3) is 0.417. The Bertz CT molecular complexity index is 349. The normalized spacial score (nSPS) is 11.9. The first-order valence-corrected chi connectivity index (χ1v) is 5.00. The summed E-state index contributed by atoms with van der Waals surface area (Å²) in [5.41, 5.74) is 0.503. The molecule has 1 rings (SSSR count). The number of carbonyl (C=O) groups excluding carboxylic acids is 1. The highest BCUT2D eigenvalue weighted by atomic mass is 16.5. The molecule has 0 bridgehead atoms. The third-order valence-corrected chi connectivity index (χ3v) is 2.08. The second-order valence-corrected chi connectivity index (χ2v) is 3.41. The number of carbonyl (C=O) groups is 1. The van der Waals surface area contributed by atoms with Crippen molar-refractivity contribution in [1.82, 2.24) is 0 Å². The lowest BCUT2D eigenvalue weighted by Crippen LogP contribution is -2.18. The van der Waals surface area contributed by atoms with Crippen LogP contribution >= 0.6 is 0 Å². The third kappa shape index (κ3) is 3.24. The highest BCUT2D eigenvalue weighted by Crippen LogP contribution is 2.24. The molecule has 0 saturated heterocycles. The molecular formula is C12H16O4. The average Bonchev–Trinajstić information content (AvgIpc) is 2.29. The van der Waals surface area contributed by atoms with E-state index in [0.29, 0.717) is 23.7 Å². The van der Waals surface area contributed by atoms with Crippen LogP contribution in [0.2, 0.25) is 0 Å². The Hall–Kier alpha value is -1.55. The van der Waals surface area contributed by atoms with Gasteiger partial charge in [0.1, 0.15) is 17.6 Å². The van der Waals surface area contributed by atoms with Crippen molar-refractivity contribution < 1.29 is 19.0 Å². The predicted octanol–water partition coefficient (Wildman–Crippen LogP) is 1.92. The minimum absolute atomic E-state index is 0.115. The van der Waals surface area contributed by atoms with Gasteiger partial charge in [-0.15, -0.1) is 0 Å². The van der Waals surface area contributed by atoms with Gasteiger partial charge in [0, 0.05) is 13.2 Å². The summed E-state index contributed by atoms with van der Waals surface area (Å²) < 4.78 is 15.6. The Kier molecular flexibility index (Phi) is 4.79. The van der Waals surface area contributed by atoms with E-state index in [1.165, 1.54) is 0 Å². The molecule has 0 aliphatic carbocycles. The molecule has 0 radical (unpaired) electrons. The van der Waals surface area contributed by atoms with Crippen molar-refractivity contribution in [3.05, 3.63) is 23.8 Å². The lowest BCUT2D eigenvalue weighted by molar-refractivity contribution is 0.0904. The number of rotatable bonds is 6. The SMILES string of the molecule is COCC(C)Oc1cc(OC)ccc1C=O. The smallest absolute Gasteiger partial charge is 0.153 e. The summed E-state index contributed by atoms with van der Waals surface area (Å²) in [6.45, 7) is 2.34. The Morgan fingerprint density at radius 1 is 1.38 bits per heavy atom. The quantitative estimate of drug-likeness (QED) is 0.692. The molecule has 4 nitrogen and oxygen atoms in total. The van der Waals surface area contributed by atoms with E-state index < -0.39 is 0 Å². The van der Waals surface area contributed by atoms with Gasteiger partial charge < -0.3 is 14.2 Å². The number of hydrogen-bond acceptors (Lipinski definition) is 4. The predicted molar refractivity (Wildman–Crippen MR) is 60.3 cm³/mol. The lowest BCUT2D eigenvalue weighted by atomic mass is 10.2. The summed E-state index contributed by atoms with van der Waals surface area (Å²) in [5.74, 6) is 1.17. The van der Waals surface area contributed by atoms with E-state index in [4.69, 9.17) is 14.2 Å². The Labute approximate surface area is 95.1 Å². The second kappa shape index (κ2) is 6.12. The molecule has 0 fully saturated rings. The van der Waals surface area contributed by atoms with Gasteiger partial charge in [-0.3, -0.25) is 4.79 Å². The number of benzene rings is 1. The van der Waals surface area contributed by atoms with Gasteiger partial charge in [0.2, 0.25) is 0 Å². The van der Waals surface area contributed by atoms with Crippen LogP contribution in [0.1, 0.15) is 17.3 Å². The molecule has 0 aliphatic rings. The lowest BCUT2D eigenvalue weighted by Gasteiger charge is -2.15. The molecule has 0 aromatic heterocycles. The maximum Gasteiger partial charge on any atom is 0.153 e. The maximum atomic E-state index is 10.8. The van der Waals surface area contributed by atoms with E-state index in [-0.39, 0.29) is 6.10 Å². The van der Waals surface area contributed by atoms with Crippen LogP contribution in [0, 0.1) is 0 Å². The zero-order chi connectivity index (χ0) is 12.0. The van der Waals surface area contributed by atoms with Gasteiger partial charge in [-0.25, -0.2) is 0 Å². The van der Waals surface area contributed by atoms with Crippen LogP contribution in [-0.2, 0) is 4.74 Å². The third-order valence-electron chi connectivity index (χ3n) is 2.08. The summed E-state index contributed by atoms with van der Waals surface area (Å²) >= 11 is 0. The molecule has 16 heavy (non-hydrogen) atoms. The Morgan fingerprint density at radius 2 is 2.12 bits per heavy atom. The summed E-state index contributed by atoms with van der Waals surface area (Å²) in [5, 5.41) is 0. The Balaban J connectivity index is 2.86. The standard InChI is InChI=1S/C12H16O4/c1-9(8-14-2)16-12-6-11(15-3)5-4-10(12)7-13/h4-7,9H,8H2,1-3H3. The summed E-state index contributed by atoms with van der Waals surface area (Å²) in [7, 11) is 3.17. The average molecular weight is 224 g/mol. The molecule has 0 heterocycles. The van der Waals surface area contributed by atoms with E-state index >= 15 is 0 Å². The van der Waals surface area contributed by atoms with Crippen LogP contribution < -0.4 is 9.47 Å². The van der Waals surface area contributed by atoms with Crippen LogP contribution in [0.4, 0.5) is 0 Å². The van der Waals surface area contributed by atoms with Gasteiger partial charge in [-0.2, -0.15) is 0 Å². The molecule has 0 N–H and O–H groups in total. The molecular weight excluding hydrogens is 208 g/mol. The van der Waals surface area contributed by atoms with E-state index in [0.717, 1.165) is 6.29 Å². The van der Waals surface area contributed by atoms with Crippen molar-refractivity contribution in [2.45, 2.75) is 13.0 Å². The molecule has 4 heteroatoms. The maximum absolute atomic E-state index is 10.8. The molecule has 0 aliphatic heterocycles. The first-order valence-electron chi connectivity index (χ1n) is 5.00.